The van der Waals surface area contributed by atoms with Crippen molar-refractivity contribution in [3.05, 3.63) is 23.8 Å². The summed E-state index contributed by atoms with van der Waals surface area (Å²) in [5, 5.41) is 0. The number of nitrogen functional groups attached to an aromatic ring is 1. The minimum atomic E-state index is -3.44. The van der Waals surface area contributed by atoms with Gasteiger partial charge < -0.3 is 5.73 Å². The molecule has 0 amide bonds. The highest BCUT2D eigenvalue weighted by Crippen LogP contribution is 2.25. The fraction of sp³-hybridized carbons (Fsp3) is 0.571. The highest BCUT2D eigenvalue weighted by molar-refractivity contribution is 7.89. The predicted octanol–water partition coefficient (Wildman–Crippen LogP) is 2.43. The van der Waals surface area contributed by atoms with Crippen LogP contribution >= 0.6 is 0 Å². The van der Waals surface area contributed by atoms with Gasteiger partial charge in [-0.15, -0.1) is 0 Å². The zero-order valence-electron chi connectivity index (χ0n) is 11.5. The standard InChI is InChI=1S/C14H22N2O2S/c1-10-4-3-5-13(8-10)16-19(17,18)14-7-6-12(15)9-11(14)2/h6-7,9-10,13,16H,3-5,8,15H2,1-2H3. The van der Waals surface area contributed by atoms with Crippen molar-refractivity contribution in [3.8, 4) is 0 Å². The molecule has 1 aromatic rings. The van der Waals surface area contributed by atoms with E-state index in [1.165, 1.54) is 6.42 Å². The molecule has 3 N–H and O–H groups in total. The summed E-state index contributed by atoms with van der Waals surface area (Å²) in [5.74, 6) is 0.592. The fourth-order valence-electron chi connectivity index (χ4n) is 2.80. The number of hydrogen-bond acceptors (Lipinski definition) is 3. The molecule has 0 bridgehead atoms. The third kappa shape index (κ3) is 3.48. The highest BCUT2D eigenvalue weighted by Gasteiger charge is 2.25. The maximum Gasteiger partial charge on any atom is 0.241 e. The molecule has 1 aromatic carbocycles. The number of hydrogen-bond donors (Lipinski definition) is 2. The highest BCUT2D eigenvalue weighted by atomic mass is 32.2. The van der Waals surface area contributed by atoms with E-state index in [1.54, 1.807) is 25.1 Å². The van der Waals surface area contributed by atoms with Crippen molar-refractivity contribution in [2.45, 2.75) is 50.5 Å². The van der Waals surface area contributed by atoms with Crippen LogP contribution in [0.5, 0.6) is 0 Å². The normalized spacial score (nSPS) is 24.3. The van der Waals surface area contributed by atoms with E-state index in [1.807, 2.05) is 0 Å². The second kappa shape index (κ2) is 5.51. The minimum absolute atomic E-state index is 0.0608. The van der Waals surface area contributed by atoms with Crippen molar-refractivity contribution in [1.29, 1.82) is 0 Å². The van der Waals surface area contributed by atoms with Crippen LogP contribution in [-0.2, 0) is 10.0 Å². The first-order chi connectivity index (χ1) is 8.88. The summed E-state index contributed by atoms with van der Waals surface area (Å²) in [6, 6.07) is 4.97. The lowest BCUT2D eigenvalue weighted by molar-refractivity contribution is 0.327. The molecule has 0 saturated heterocycles. The molecule has 2 unspecified atom stereocenters. The molecule has 5 heteroatoms. The first kappa shape index (κ1) is 14.3. The van der Waals surface area contributed by atoms with Gasteiger partial charge in [-0.1, -0.05) is 19.8 Å². The van der Waals surface area contributed by atoms with Gasteiger partial charge in [-0.3, -0.25) is 0 Å². The van der Waals surface area contributed by atoms with E-state index in [0.29, 0.717) is 22.1 Å². The van der Waals surface area contributed by atoms with Crippen LogP contribution in [0.2, 0.25) is 0 Å². The monoisotopic (exact) mass is 282 g/mol. The van der Waals surface area contributed by atoms with E-state index in [4.69, 9.17) is 5.73 Å². The Hall–Kier alpha value is -1.07. The van der Waals surface area contributed by atoms with Gasteiger partial charge >= 0.3 is 0 Å². The Morgan fingerprint density at radius 2 is 2.05 bits per heavy atom. The molecule has 1 fully saturated rings. The molecule has 0 aromatic heterocycles. The maximum atomic E-state index is 12.4. The molecule has 0 radical (unpaired) electrons. The Bertz CT molecular complexity index is 555. The number of benzene rings is 1. The van der Waals surface area contributed by atoms with Gasteiger partial charge in [0.15, 0.2) is 0 Å². The van der Waals surface area contributed by atoms with Crippen LogP contribution in [0.4, 0.5) is 5.69 Å². The largest absolute Gasteiger partial charge is 0.399 e. The summed E-state index contributed by atoms with van der Waals surface area (Å²) >= 11 is 0. The second-order valence-electron chi connectivity index (χ2n) is 5.61. The Kier molecular flexibility index (Phi) is 4.16. The topological polar surface area (TPSA) is 72.2 Å². The maximum absolute atomic E-state index is 12.4. The Morgan fingerprint density at radius 3 is 2.68 bits per heavy atom. The van der Waals surface area contributed by atoms with Gasteiger partial charge in [-0.25, -0.2) is 13.1 Å². The van der Waals surface area contributed by atoms with E-state index in [2.05, 4.69) is 11.6 Å². The fourth-order valence-corrected chi connectivity index (χ4v) is 4.31. The average Bonchev–Trinajstić information content (AvgIpc) is 2.27. The molecule has 1 saturated carbocycles. The average molecular weight is 282 g/mol. The van der Waals surface area contributed by atoms with Crippen LogP contribution in [0.1, 0.15) is 38.2 Å². The van der Waals surface area contributed by atoms with Crippen molar-refractivity contribution in [2.75, 3.05) is 5.73 Å². The van der Waals surface area contributed by atoms with E-state index < -0.39 is 10.0 Å². The van der Waals surface area contributed by atoms with Gasteiger partial charge in [0.1, 0.15) is 0 Å². The molecule has 19 heavy (non-hydrogen) atoms. The first-order valence-corrected chi connectivity index (χ1v) is 8.25. The van der Waals surface area contributed by atoms with Gasteiger partial charge in [0, 0.05) is 11.7 Å². The van der Waals surface area contributed by atoms with Gasteiger partial charge in [0.05, 0.1) is 4.90 Å². The summed E-state index contributed by atoms with van der Waals surface area (Å²) in [6.07, 6.45) is 4.14. The Balaban J connectivity index is 2.18. The molecule has 0 spiro atoms. The van der Waals surface area contributed by atoms with Crippen molar-refractivity contribution in [3.63, 3.8) is 0 Å². The molecule has 1 aliphatic carbocycles. The molecular formula is C14H22N2O2S. The summed E-state index contributed by atoms with van der Waals surface area (Å²) in [7, 11) is -3.44. The zero-order valence-corrected chi connectivity index (χ0v) is 12.3. The number of nitrogens with two attached hydrogens (primary N) is 1. The summed E-state index contributed by atoms with van der Waals surface area (Å²) in [4.78, 5) is 0.333. The lowest BCUT2D eigenvalue weighted by Gasteiger charge is -2.27. The van der Waals surface area contributed by atoms with Gasteiger partial charge in [0.25, 0.3) is 0 Å². The summed E-state index contributed by atoms with van der Waals surface area (Å²) in [5.41, 5.74) is 6.93. The number of anilines is 1. The Morgan fingerprint density at radius 1 is 1.32 bits per heavy atom. The molecule has 0 aliphatic heterocycles. The predicted molar refractivity (Wildman–Crippen MR) is 77.3 cm³/mol. The molecule has 1 aliphatic rings. The van der Waals surface area contributed by atoms with Crippen LogP contribution in [0.25, 0.3) is 0 Å². The SMILES string of the molecule is Cc1cc(N)ccc1S(=O)(=O)NC1CCCC(C)C1. The summed E-state index contributed by atoms with van der Waals surface area (Å²) < 4.78 is 27.6. The number of rotatable bonds is 3. The molecule has 0 heterocycles. The third-order valence-corrected chi connectivity index (χ3v) is 5.43. The number of nitrogens with one attached hydrogen (secondary N) is 1. The van der Waals surface area contributed by atoms with Gasteiger partial charge in [-0.05, 0) is 49.4 Å². The van der Waals surface area contributed by atoms with Crippen LogP contribution in [-0.4, -0.2) is 14.5 Å². The van der Waals surface area contributed by atoms with E-state index >= 15 is 0 Å². The zero-order chi connectivity index (χ0) is 14.0. The van der Waals surface area contributed by atoms with Crippen molar-refractivity contribution in [1.82, 2.24) is 4.72 Å². The van der Waals surface area contributed by atoms with Gasteiger partial charge in [0.2, 0.25) is 10.0 Å². The minimum Gasteiger partial charge on any atom is -0.399 e. The first-order valence-electron chi connectivity index (χ1n) is 6.77. The summed E-state index contributed by atoms with van der Waals surface area (Å²) in [6.45, 7) is 3.95. The van der Waals surface area contributed by atoms with Gasteiger partial charge in [-0.2, -0.15) is 0 Å². The molecule has 2 rings (SSSR count). The number of aryl methyl sites for hydroxylation is 1. The quantitative estimate of drug-likeness (QED) is 0.836. The molecule has 106 valence electrons. The lowest BCUT2D eigenvalue weighted by atomic mass is 9.88. The van der Waals surface area contributed by atoms with E-state index in [-0.39, 0.29) is 6.04 Å². The van der Waals surface area contributed by atoms with E-state index in [0.717, 1.165) is 19.3 Å². The van der Waals surface area contributed by atoms with Crippen molar-refractivity contribution >= 4 is 15.7 Å². The van der Waals surface area contributed by atoms with Crippen LogP contribution in [0.3, 0.4) is 0 Å². The van der Waals surface area contributed by atoms with Crippen LogP contribution in [0.15, 0.2) is 23.1 Å². The number of sulfonamides is 1. The van der Waals surface area contributed by atoms with Crippen LogP contribution in [0, 0.1) is 12.8 Å². The smallest absolute Gasteiger partial charge is 0.241 e. The second-order valence-corrected chi connectivity index (χ2v) is 7.30. The molecule has 4 nitrogen and oxygen atoms in total. The Labute approximate surface area is 115 Å². The molecular weight excluding hydrogens is 260 g/mol. The molecule has 2 atom stereocenters. The van der Waals surface area contributed by atoms with Crippen LogP contribution < -0.4 is 10.5 Å². The lowest BCUT2D eigenvalue weighted by Crippen LogP contribution is -2.38. The van der Waals surface area contributed by atoms with Crippen molar-refractivity contribution in [2.24, 2.45) is 5.92 Å². The van der Waals surface area contributed by atoms with E-state index in [9.17, 15) is 8.42 Å². The third-order valence-electron chi connectivity index (χ3n) is 3.75. The van der Waals surface area contributed by atoms with Crippen molar-refractivity contribution < 1.29 is 8.42 Å².